The number of aryl methyl sites for hydroxylation is 1. The Hall–Kier alpha value is -4.00. The summed E-state index contributed by atoms with van der Waals surface area (Å²) >= 11 is 0. The molecule has 0 radical (unpaired) electrons. The first kappa shape index (κ1) is 20.7. The molecule has 1 unspecified atom stereocenters. The maximum absolute atomic E-state index is 12.6. The summed E-state index contributed by atoms with van der Waals surface area (Å²) in [5, 5.41) is 14.0. The number of nitro groups is 1. The lowest BCUT2D eigenvalue weighted by molar-refractivity contribution is -0.386. The van der Waals surface area contributed by atoms with Crippen LogP contribution in [0.3, 0.4) is 0 Å². The van der Waals surface area contributed by atoms with E-state index in [1.54, 1.807) is 61.5 Å². The van der Waals surface area contributed by atoms with E-state index in [2.05, 4.69) is 5.32 Å². The third kappa shape index (κ3) is 4.70. The molecule has 0 aromatic heterocycles. The van der Waals surface area contributed by atoms with Crippen molar-refractivity contribution in [1.29, 1.82) is 0 Å². The van der Waals surface area contributed by atoms with Gasteiger partial charge in [0.15, 0.2) is 0 Å². The minimum absolute atomic E-state index is 0.113. The molecular weight excluding hydrogens is 384 g/mol. The third-order valence-corrected chi connectivity index (χ3v) is 4.61. The Balaban J connectivity index is 1.78. The molecule has 0 aliphatic carbocycles. The van der Waals surface area contributed by atoms with Crippen LogP contribution in [0.1, 0.15) is 44.9 Å². The highest BCUT2D eigenvalue weighted by atomic mass is 16.6. The molecule has 1 N–H and O–H groups in total. The number of carbonyl (C=O) groups is 2. The van der Waals surface area contributed by atoms with E-state index in [0.717, 1.165) is 5.56 Å². The zero-order chi connectivity index (χ0) is 21.7. The topological polar surface area (TPSA) is 98.5 Å². The Labute approximate surface area is 173 Å². The second-order valence-electron chi connectivity index (χ2n) is 6.71. The maximum atomic E-state index is 12.6. The number of para-hydroxylation sites is 1. The van der Waals surface area contributed by atoms with Crippen molar-refractivity contribution in [3.05, 3.63) is 105 Å². The summed E-state index contributed by atoms with van der Waals surface area (Å²) in [6.45, 7) is 3.39. The highest BCUT2D eigenvalue weighted by Crippen LogP contribution is 2.28. The Bertz CT molecular complexity index is 1100. The van der Waals surface area contributed by atoms with E-state index in [9.17, 15) is 19.7 Å². The number of nitro benzene ring substituents is 1. The Morgan fingerprint density at radius 2 is 1.63 bits per heavy atom. The van der Waals surface area contributed by atoms with Crippen molar-refractivity contribution in [3.8, 4) is 0 Å². The van der Waals surface area contributed by atoms with E-state index >= 15 is 0 Å². The van der Waals surface area contributed by atoms with Gasteiger partial charge < -0.3 is 10.1 Å². The molecule has 152 valence electrons. The molecule has 0 aliphatic rings. The van der Waals surface area contributed by atoms with Gasteiger partial charge in [-0.2, -0.15) is 0 Å². The van der Waals surface area contributed by atoms with Gasteiger partial charge in [0.2, 0.25) is 0 Å². The number of nitrogens with one attached hydrogen (secondary N) is 1. The van der Waals surface area contributed by atoms with Crippen LogP contribution in [0.4, 0.5) is 11.4 Å². The largest absolute Gasteiger partial charge is 0.454 e. The first-order valence-electron chi connectivity index (χ1n) is 9.28. The van der Waals surface area contributed by atoms with Crippen LogP contribution in [0.25, 0.3) is 0 Å². The molecule has 0 heterocycles. The van der Waals surface area contributed by atoms with E-state index in [1.165, 1.54) is 12.1 Å². The van der Waals surface area contributed by atoms with E-state index < -0.39 is 17.0 Å². The fourth-order valence-electron chi connectivity index (χ4n) is 2.96. The molecule has 0 saturated carbocycles. The fourth-order valence-corrected chi connectivity index (χ4v) is 2.96. The summed E-state index contributed by atoms with van der Waals surface area (Å²) in [6.07, 6.45) is -0.817. The molecule has 30 heavy (non-hydrogen) atoms. The number of amides is 1. The second kappa shape index (κ2) is 9.00. The summed E-state index contributed by atoms with van der Waals surface area (Å²) in [5.74, 6) is -0.937. The standard InChI is InChI=1S/C23H20N2O5/c1-15-12-13-18(14-20(15)24-22(26)17-8-4-3-5-9-17)23(27)30-16(2)19-10-6-7-11-21(19)25(28)29/h3-14,16H,1-2H3,(H,24,26). The van der Waals surface area contributed by atoms with Crippen LogP contribution < -0.4 is 5.32 Å². The van der Waals surface area contributed by atoms with Crippen molar-refractivity contribution >= 4 is 23.3 Å². The van der Waals surface area contributed by atoms with E-state index in [4.69, 9.17) is 4.74 Å². The number of rotatable bonds is 6. The summed E-state index contributed by atoms with van der Waals surface area (Å²) in [6, 6.07) is 19.7. The lowest BCUT2D eigenvalue weighted by Crippen LogP contribution is -2.14. The number of nitrogens with zero attached hydrogens (tertiary/aromatic N) is 1. The van der Waals surface area contributed by atoms with Crippen molar-refractivity contribution in [2.45, 2.75) is 20.0 Å². The minimum atomic E-state index is -0.817. The third-order valence-electron chi connectivity index (χ3n) is 4.61. The number of anilines is 1. The Morgan fingerprint density at radius 3 is 2.33 bits per heavy atom. The zero-order valence-electron chi connectivity index (χ0n) is 16.5. The van der Waals surface area contributed by atoms with Crippen LogP contribution in [0.15, 0.2) is 72.8 Å². The van der Waals surface area contributed by atoms with Gasteiger partial charge in [-0.15, -0.1) is 0 Å². The average molecular weight is 404 g/mol. The predicted molar refractivity (Wildman–Crippen MR) is 113 cm³/mol. The van der Waals surface area contributed by atoms with Crippen molar-refractivity contribution in [3.63, 3.8) is 0 Å². The monoisotopic (exact) mass is 404 g/mol. The molecule has 1 amide bonds. The second-order valence-corrected chi connectivity index (χ2v) is 6.71. The molecule has 7 nitrogen and oxygen atoms in total. The van der Waals surface area contributed by atoms with Crippen molar-refractivity contribution in [2.24, 2.45) is 0 Å². The van der Waals surface area contributed by atoms with Crippen LogP contribution in [-0.4, -0.2) is 16.8 Å². The van der Waals surface area contributed by atoms with Gasteiger partial charge in [-0.3, -0.25) is 14.9 Å². The van der Waals surface area contributed by atoms with Gasteiger partial charge in [0.25, 0.3) is 11.6 Å². The van der Waals surface area contributed by atoms with Gasteiger partial charge in [-0.1, -0.05) is 36.4 Å². The van der Waals surface area contributed by atoms with Crippen LogP contribution in [0.5, 0.6) is 0 Å². The summed E-state index contributed by atoms with van der Waals surface area (Å²) < 4.78 is 5.44. The lowest BCUT2D eigenvalue weighted by Gasteiger charge is -2.15. The summed E-state index contributed by atoms with van der Waals surface area (Å²) in [5.41, 5.74) is 2.18. The van der Waals surface area contributed by atoms with Crippen molar-refractivity contribution < 1.29 is 19.2 Å². The average Bonchev–Trinajstić information content (AvgIpc) is 2.75. The number of hydrogen-bond donors (Lipinski definition) is 1. The van der Waals surface area contributed by atoms with E-state index in [-0.39, 0.29) is 17.2 Å². The molecular formula is C23H20N2O5. The molecule has 3 aromatic rings. The number of benzene rings is 3. The van der Waals surface area contributed by atoms with Crippen LogP contribution in [0.2, 0.25) is 0 Å². The van der Waals surface area contributed by atoms with Crippen molar-refractivity contribution in [1.82, 2.24) is 0 Å². The SMILES string of the molecule is Cc1ccc(C(=O)OC(C)c2ccccc2[N+](=O)[O-])cc1NC(=O)c1ccccc1. The summed E-state index contributed by atoms with van der Waals surface area (Å²) in [4.78, 5) is 35.7. The van der Waals surface area contributed by atoms with Gasteiger partial charge in [-0.05, 0) is 49.7 Å². The first-order chi connectivity index (χ1) is 14.4. The fraction of sp³-hybridized carbons (Fsp3) is 0.130. The molecule has 0 bridgehead atoms. The minimum Gasteiger partial charge on any atom is -0.454 e. The van der Waals surface area contributed by atoms with Crippen molar-refractivity contribution in [2.75, 3.05) is 5.32 Å². The lowest BCUT2D eigenvalue weighted by atomic mass is 10.1. The molecule has 1 atom stereocenters. The molecule has 0 spiro atoms. The van der Waals surface area contributed by atoms with Gasteiger partial charge in [0.1, 0.15) is 6.10 Å². The molecule has 7 heteroatoms. The number of carbonyl (C=O) groups excluding carboxylic acids is 2. The maximum Gasteiger partial charge on any atom is 0.338 e. The Morgan fingerprint density at radius 1 is 0.967 bits per heavy atom. The van der Waals surface area contributed by atoms with Crippen LogP contribution >= 0.6 is 0 Å². The molecule has 0 aliphatic heterocycles. The number of esters is 1. The smallest absolute Gasteiger partial charge is 0.338 e. The first-order valence-corrected chi connectivity index (χ1v) is 9.28. The molecule has 0 saturated heterocycles. The molecule has 0 fully saturated rings. The predicted octanol–water partition coefficient (Wildman–Crippen LogP) is 5.07. The highest BCUT2D eigenvalue weighted by Gasteiger charge is 2.22. The molecule has 3 rings (SSSR count). The normalized spacial score (nSPS) is 11.4. The van der Waals surface area contributed by atoms with Crippen LogP contribution in [-0.2, 0) is 4.74 Å². The zero-order valence-corrected chi connectivity index (χ0v) is 16.5. The number of hydrogen-bond acceptors (Lipinski definition) is 5. The quantitative estimate of drug-likeness (QED) is 0.351. The van der Waals surface area contributed by atoms with Crippen LogP contribution in [0, 0.1) is 17.0 Å². The van der Waals surface area contributed by atoms with E-state index in [0.29, 0.717) is 16.8 Å². The van der Waals surface area contributed by atoms with Gasteiger partial charge in [0.05, 0.1) is 16.1 Å². The van der Waals surface area contributed by atoms with E-state index in [1.807, 2.05) is 13.0 Å². The summed E-state index contributed by atoms with van der Waals surface area (Å²) in [7, 11) is 0. The van der Waals surface area contributed by atoms with Gasteiger partial charge >= 0.3 is 5.97 Å². The highest BCUT2D eigenvalue weighted by molar-refractivity contribution is 6.05. The molecule has 3 aromatic carbocycles. The van der Waals surface area contributed by atoms with Gasteiger partial charge in [-0.25, -0.2) is 4.79 Å². The van der Waals surface area contributed by atoms with Gasteiger partial charge in [0, 0.05) is 17.3 Å². The number of ether oxygens (including phenoxy) is 1. The Kier molecular flexibility index (Phi) is 6.22.